The number of benzene rings is 2. The number of hydrogen-bond acceptors (Lipinski definition) is 5. The van der Waals surface area contributed by atoms with E-state index in [1.54, 1.807) is 24.3 Å². The van der Waals surface area contributed by atoms with E-state index in [-0.39, 0.29) is 22.6 Å². The zero-order valence-corrected chi connectivity index (χ0v) is 18.7. The lowest BCUT2D eigenvalue weighted by Gasteiger charge is -2.13. The first-order valence-corrected chi connectivity index (χ1v) is 12.2. The van der Waals surface area contributed by atoms with Gasteiger partial charge in [0.25, 0.3) is 5.91 Å². The van der Waals surface area contributed by atoms with Crippen LogP contribution in [0.5, 0.6) is 5.75 Å². The molecule has 1 saturated heterocycles. The van der Waals surface area contributed by atoms with Gasteiger partial charge in [-0.25, -0.2) is 13.1 Å². The second-order valence-electron chi connectivity index (χ2n) is 7.47. The summed E-state index contributed by atoms with van der Waals surface area (Å²) in [6.07, 6.45) is 3.82. The van der Waals surface area contributed by atoms with E-state index >= 15 is 0 Å². The molecule has 160 valence electrons. The van der Waals surface area contributed by atoms with E-state index in [1.165, 1.54) is 12.1 Å². The van der Waals surface area contributed by atoms with Crippen LogP contribution in [0.4, 0.5) is 5.69 Å². The van der Waals surface area contributed by atoms with Crippen LogP contribution in [0, 0.1) is 0 Å². The van der Waals surface area contributed by atoms with Crippen LogP contribution in [0.25, 0.3) is 0 Å². The van der Waals surface area contributed by atoms with Gasteiger partial charge in [-0.2, -0.15) is 0 Å². The van der Waals surface area contributed by atoms with E-state index in [9.17, 15) is 13.2 Å². The molecule has 2 N–H and O–H groups in total. The van der Waals surface area contributed by atoms with E-state index in [0.29, 0.717) is 22.5 Å². The molecule has 2 aliphatic rings. The molecule has 1 saturated carbocycles. The molecular weight excluding hydrogens is 472 g/mol. The average molecular weight is 495 g/mol. The van der Waals surface area contributed by atoms with Crippen LogP contribution in [-0.4, -0.2) is 39.7 Å². The van der Waals surface area contributed by atoms with Crippen molar-refractivity contribution < 1.29 is 22.7 Å². The van der Waals surface area contributed by atoms with Gasteiger partial charge >= 0.3 is 0 Å². The molecule has 4 rings (SSSR count). The number of rotatable bonds is 8. The van der Waals surface area contributed by atoms with Gasteiger partial charge < -0.3 is 14.8 Å². The molecule has 9 heteroatoms. The Morgan fingerprint density at radius 2 is 2.00 bits per heavy atom. The number of anilines is 1. The summed E-state index contributed by atoms with van der Waals surface area (Å²) in [6, 6.07) is 11.5. The normalized spacial score (nSPS) is 18.9. The van der Waals surface area contributed by atoms with Crippen molar-refractivity contribution in [1.29, 1.82) is 0 Å². The van der Waals surface area contributed by atoms with Crippen LogP contribution in [0.2, 0.25) is 0 Å². The molecule has 2 aromatic rings. The number of carbonyl (C=O) groups excluding carboxylic acids is 1. The van der Waals surface area contributed by atoms with Crippen LogP contribution in [0.3, 0.4) is 0 Å². The Morgan fingerprint density at radius 3 is 2.73 bits per heavy atom. The van der Waals surface area contributed by atoms with Gasteiger partial charge in [-0.3, -0.25) is 4.79 Å². The van der Waals surface area contributed by atoms with Gasteiger partial charge in [-0.15, -0.1) is 0 Å². The Bertz CT molecular complexity index is 1030. The molecule has 1 aliphatic carbocycles. The molecule has 2 aromatic carbocycles. The number of ether oxygens (including phenoxy) is 2. The van der Waals surface area contributed by atoms with Gasteiger partial charge in [0.2, 0.25) is 10.0 Å². The fourth-order valence-electron chi connectivity index (χ4n) is 3.16. The highest BCUT2D eigenvalue weighted by molar-refractivity contribution is 9.10. The minimum atomic E-state index is -3.65. The summed E-state index contributed by atoms with van der Waals surface area (Å²) in [4.78, 5) is 12.9. The predicted octanol–water partition coefficient (Wildman–Crippen LogP) is 3.70. The number of halogens is 1. The monoisotopic (exact) mass is 494 g/mol. The molecule has 7 nitrogen and oxygen atoms in total. The number of amides is 1. The van der Waals surface area contributed by atoms with Gasteiger partial charge in [-0.1, -0.05) is 6.07 Å². The zero-order valence-electron chi connectivity index (χ0n) is 16.3. The van der Waals surface area contributed by atoms with Gasteiger partial charge in [0.15, 0.2) is 0 Å². The minimum Gasteiger partial charge on any atom is -0.491 e. The SMILES string of the molecule is O=C(Nc1cccc(OCC2CCCO2)c1)c1cc(S(=O)(=O)NC2CC2)ccc1Br. The van der Waals surface area contributed by atoms with Gasteiger partial charge in [0.05, 0.1) is 16.6 Å². The van der Waals surface area contributed by atoms with Crippen LogP contribution in [0.1, 0.15) is 36.0 Å². The Labute approximate surface area is 184 Å². The molecule has 0 spiro atoms. The minimum absolute atomic E-state index is 0.00621. The highest BCUT2D eigenvalue weighted by atomic mass is 79.9. The third kappa shape index (κ3) is 5.40. The maximum atomic E-state index is 12.8. The number of nitrogens with one attached hydrogen (secondary N) is 2. The van der Waals surface area contributed by atoms with E-state index in [2.05, 4.69) is 26.0 Å². The molecule has 0 bridgehead atoms. The second-order valence-corrected chi connectivity index (χ2v) is 10.0. The second kappa shape index (κ2) is 9.05. The van der Waals surface area contributed by atoms with Gasteiger partial charge in [0, 0.05) is 28.9 Å². The number of hydrogen-bond donors (Lipinski definition) is 2. The predicted molar refractivity (Wildman–Crippen MR) is 116 cm³/mol. The van der Waals surface area contributed by atoms with Crippen molar-refractivity contribution >= 4 is 37.5 Å². The zero-order chi connectivity index (χ0) is 21.1. The van der Waals surface area contributed by atoms with Gasteiger partial charge in [0.1, 0.15) is 12.4 Å². The quantitative estimate of drug-likeness (QED) is 0.583. The summed E-state index contributed by atoms with van der Waals surface area (Å²) in [7, 11) is -3.65. The molecule has 30 heavy (non-hydrogen) atoms. The fraction of sp³-hybridized carbons (Fsp3) is 0.381. The molecular formula is C21H23BrN2O5S. The van der Waals surface area contributed by atoms with Crippen molar-refractivity contribution in [1.82, 2.24) is 4.72 Å². The summed E-state index contributed by atoms with van der Waals surface area (Å²) in [5, 5.41) is 2.80. The lowest BCUT2D eigenvalue weighted by molar-refractivity contribution is 0.0680. The molecule has 1 unspecified atom stereocenters. The summed E-state index contributed by atoms with van der Waals surface area (Å²) >= 11 is 3.34. The summed E-state index contributed by atoms with van der Waals surface area (Å²) in [6.45, 7) is 1.24. The topological polar surface area (TPSA) is 93.7 Å². The van der Waals surface area contributed by atoms with Crippen molar-refractivity contribution in [2.24, 2.45) is 0 Å². The summed E-state index contributed by atoms with van der Waals surface area (Å²) in [5.74, 6) is 0.217. The average Bonchev–Trinajstić information content (AvgIpc) is 3.36. The van der Waals surface area contributed by atoms with Crippen molar-refractivity contribution in [2.45, 2.75) is 42.7 Å². The summed E-state index contributed by atoms with van der Waals surface area (Å²) < 4.78 is 39.4. The van der Waals surface area contributed by atoms with Crippen molar-refractivity contribution in [3.8, 4) is 5.75 Å². The third-order valence-electron chi connectivity index (χ3n) is 4.94. The standard InChI is InChI=1S/C21H23BrN2O5S/c22-20-9-8-18(30(26,27)24-14-6-7-14)12-19(20)21(25)23-15-3-1-4-16(11-15)29-13-17-5-2-10-28-17/h1,3-4,8-9,11-12,14,17,24H,2,5-7,10,13H2,(H,23,25). The third-order valence-corrected chi connectivity index (χ3v) is 7.15. The molecule has 1 amide bonds. The maximum Gasteiger partial charge on any atom is 0.256 e. The molecule has 0 radical (unpaired) electrons. The first-order valence-electron chi connectivity index (χ1n) is 9.88. The molecule has 0 aromatic heterocycles. The lowest BCUT2D eigenvalue weighted by Crippen LogP contribution is -2.26. The lowest BCUT2D eigenvalue weighted by atomic mass is 10.2. The Kier molecular flexibility index (Phi) is 6.43. The van der Waals surface area contributed by atoms with Crippen molar-refractivity contribution in [3.05, 3.63) is 52.5 Å². The Hall–Kier alpha value is -1.94. The molecule has 1 atom stereocenters. The molecule has 1 aliphatic heterocycles. The first-order chi connectivity index (χ1) is 14.4. The van der Waals surface area contributed by atoms with Gasteiger partial charge in [-0.05, 0) is 71.9 Å². The molecule has 1 heterocycles. The van der Waals surface area contributed by atoms with Crippen molar-refractivity contribution in [3.63, 3.8) is 0 Å². The van der Waals surface area contributed by atoms with Crippen LogP contribution >= 0.6 is 15.9 Å². The first kappa shape index (κ1) is 21.3. The van der Waals surface area contributed by atoms with Crippen molar-refractivity contribution in [2.75, 3.05) is 18.5 Å². The van der Waals surface area contributed by atoms with Crippen LogP contribution in [-0.2, 0) is 14.8 Å². The number of carbonyl (C=O) groups is 1. The Balaban J connectivity index is 1.45. The van der Waals surface area contributed by atoms with E-state index in [1.807, 2.05) is 6.07 Å². The Morgan fingerprint density at radius 1 is 1.17 bits per heavy atom. The van der Waals surface area contributed by atoms with E-state index in [4.69, 9.17) is 9.47 Å². The van der Waals surface area contributed by atoms with E-state index in [0.717, 1.165) is 32.3 Å². The smallest absolute Gasteiger partial charge is 0.256 e. The highest BCUT2D eigenvalue weighted by Gasteiger charge is 2.28. The molecule has 2 fully saturated rings. The summed E-state index contributed by atoms with van der Waals surface area (Å²) in [5.41, 5.74) is 0.792. The highest BCUT2D eigenvalue weighted by Crippen LogP contribution is 2.26. The van der Waals surface area contributed by atoms with Crippen LogP contribution < -0.4 is 14.8 Å². The number of sulfonamides is 1. The largest absolute Gasteiger partial charge is 0.491 e. The van der Waals surface area contributed by atoms with E-state index < -0.39 is 15.9 Å². The van der Waals surface area contributed by atoms with Crippen LogP contribution in [0.15, 0.2) is 51.8 Å². The maximum absolute atomic E-state index is 12.8. The fourth-order valence-corrected chi connectivity index (χ4v) is 4.92.